The molecule has 2 heterocycles. The van der Waals surface area contributed by atoms with Gasteiger partial charge in [0.25, 0.3) is 5.91 Å². The van der Waals surface area contributed by atoms with Gasteiger partial charge in [-0.3, -0.25) is 9.69 Å². The number of rotatable bonds is 8. The highest BCUT2D eigenvalue weighted by molar-refractivity contribution is 7.11. The molecule has 0 aliphatic carbocycles. The second-order valence-electron chi connectivity index (χ2n) is 7.96. The molecule has 1 fully saturated rings. The molecular weight excluding hydrogens is 406 g/mol. The average Bonchev–Trinajstić information content (AvgIpc) is 3.20. The SMILES string of the molecule is Cc1ncc(CN2CCC(Oc3cccc(C(=O)NCCc4ccccc4)c3)CC2)s1. The van der Waals surface area contributed by atoms with E-state index in [4.69, 9.17) is 4.74 Å². The van der Waals surface area contributed by atoms with Crippen molar-refractivity contribution in [2.24, 2.45) is 0 Å². The first-order chi connectivity index (χ1) is 15.2. The van der Waals surface area contributed by atoms with Crippen LogP contribution in [0.2, 0.25) is 0 Å². The third-order valence-electron chi connectivity index (χ3n) is 5.52. The summed E-state index contributed by atoms with van der Waals surface area (Å²) in [6, 6.07) is 17.7. The van der Waals surface area contributed by atoms with Gasteiger partial charge in [-0.1, -0.05) is 36.4 Å². The van der Waals surface area contributed by atoms with Crippen molar-refractivity contribution in [3.05, 3.63) is 81.8 Å². The molecule has 1 aliphatic heterocycles. The van der Waals surface area contributed by atoms with Gasteiger partial charge in [0.15, 0.2) is 0 Å². The summed E-state index contributed by atoms with van der Waals surface area (Å²) in [6.07, 6.45) is 4.98. The number of carbonyl (C=O) groups is 1. The van der Waals surface area contributed by atoms with E-state index in [-0.39, 0.29) is 12.0 Å². The number of piperidine rings is 1. The van der Waals surface area contributed by atoms with Gasteiger partial charge in [-0.15, -0.1) is 11.3 Å². The van der Waals surface area contributed by atoms with Gasteiger partial charge >= 0.3 is 0 Å². The molecule has 1 N–H and O–H groups in total. The van der Waals surface area contributed by atoms with Crippen LogP contribution in [0.4, 0.5) is 0 Å². The normalized spacial score (nSPS) is 15.0. The maximum absolute atomic E-state index is 12.5. The van der Waals surface area contributed by atoms with E-state index >= 15 is 0 Å². The number of nitrogens with zero attached hydrogens (tertiary/aromatic N) is 2. The minimum atomic E-state index is -0.0592. The summed E-state index contributed by atoms with van der Waals surface area (Å²) in [5, 5.41) is 4.13. The topological polar surface area (TPSA) is 54.5 Å². The Balaban J connectivity index is 1.23. The van der Waals surface area contributed by atoms with E-state index in [2.05, 4.69) is 27.3 Å². The first kappa shape index (κ1) is 21.5. The minimum absolute atomic E-state index is 0.0592. The number of nitrogens with one attached hydrogen (secondary N) is 1. The van der Waals surface area contributed by atoms with E-state index in [0.717, 1.165) is 49.7 Å². The van der Waals surface area contributed by atoms with Crippen LogP contribution in [0, 0.1) is 6.92 Å². The Labute approximate surface area is 188 Å². The molecule has 31 heavy (non-hydrogen) atoms. The van der Waals surface area contributed by atoms with Crippen LogP contribution in [-0.2, 0) is 13.0 Å². The van der Waals surface area contributed by atoms with Crippen molar-refractivity contribution in [3.8, 4) is 5.75 Å². The van der Waals surface area contributed by atoms with Crippen molar-refractivity contribution in [1.29, 1.82) is 0 Å². The van der Waals surface area contributed by atoms with E-state index in [1.807, 2.05) is 55.6 Å². The van der Waals surface area contributed by atoms with Gasteiger partial charge in [-0.25, -0.2) is 4.98 Å². The molecular formula is C25H29N3O2S. The smallest absolute Gasteiger partial charge is 0.251 e. The van der Waals surface area contributed by atoms with Gasteiger partial charge in [0.1, 0.15) is 11.9 Å². The van der Waals surface area contributed by atoms with Crippen molar-refractivity contribution in [3.63, 3.8) is 0 Å². The molecule has 1 amide bonds. The number of benzene rings is 2. The quantitative estimate of drug-likeness (QED) is 0.567. The van der Waals surface area contributed by atoms with E-state index in [1.54, 1.807) is 11.3 Å². The third kappa shape index (κ3) is 6.39. The fraction of sp³-hybridized carbons (Fsp3) is 0.360. The molecule has 1 aromatic heterocycles. The lowest BCUT2D eigenvalue weighted by Gasteiger charge is -2.31. The molecule has 3 aromatic rings. The number of hydrogen-bond donors (Lipinski definition) is 1. The highest BCUT2D eigenvalue weighted by atomic mass is 32.1. The Morgan fingerprint density at radius 3 is 2.71 bits per heavy atom. The standard InChI is InChI=1S/C25H29N3O2S/c1-19-27-17-24(31-19)18-28-14-11-22(12-15-28)30-23-9-5-8-21(16-23)25(29)26-13-10-20-6-3-2-4-7-20/h2-9,16-17,22H,10-15,18H2,1H3,(H,26,29). The van der Waals surface area contributed by atoms with Gasteiger partial charge in [0.2, 0.25) is 0 Å². The Hall–Kier alpha value is -2.70. The first-order valence-electron chi connectivity index (χ1n) is 10.9. The zero-order valence-electron chi connectivity index (χ0n) is 17.9. The maximum atomic E-state index is 12.5. The number of carbonyl (C=O) groups excluding carboxylic acids is 1. The monoisotopic (exact) mass is 435 g/mol. The highest BCUT2D eigenvalue weighted by Gasteiger charge is 2.21. The fourth-order valence-electron chi connectivity index (χ4n) is 3.85. The number of thiazole rings is 1. The van der Waals surface area contributed by atoms with Crippen LogP contribution < -0.4 is 10.1 Å². The number of ether oxygens (including phenoxy) is 1. The molecule has 0 atom stereocenters. The van der Waals surface area contributed by atoms with Crippen LogP contribution in [0.15, 0.2) is 60.8 Å². The average molecular weight is 436 g/mol. The zero-order chi connectivity index (χ0) is 21.5. The number of likely N-dealkylation sites (tertiary alicyclic amines) is 1. The maximum Gasteiger partial charge on any atom is 0.251 e. The molecule has 0 unspecified atom stereocenters. The Bertz CT molecular complexity index is 981. The second kappa shape index (κ2) is 10.6. The zero-order valence-corrected chi connectivity index (χ0v) is 18.7. The van der Waals surface area contributed by atoms with Crippen LogP contribution in [0.1, 0.15) is 38.6 Å². The summed E-state index contributed by atoms with van der Waals surface area (Å²) >= 11 is 1.77. The van der Waals surface area contributed by atoms with Crippen molar-refractivity contribution >= 4 is 17.2 Å². The second-order valence-corrected chi connectivity index (χ2v) is 9.28. The van der Waals surface area contributed by atoms with E-state index < -0.39 is 0 Å². The molecule has 0 spiro atoms. The van der Waals surface area contributed by atoms with Crippen LogP contribution in [-0.4, -0.2) is 41.5 Å². The summed E-state index contributed by atoms with van der Waals surface area (Å²) in [6.45, 7) is 5.66. The molecule has 5 nitrogen and oxygen atoms in total. The Morgan fingerprint density at radius 2 is 1.97 bits per heavy atom. The van der Waals surface area contributed by atoms with Crippen LogP contribution in [0.3, 0.4) is 0 Å². The van der Waals surface area contributed by atoms with Crippen LogP contribution in [0.5, 0.6) is 5.75 Å². The summed E-state index contributed by atoms with van der Waals surface area (Å²) < 4.78 is 6.21. The molecule has 0 bridgehead atoms. The molecule has 4 rings (SSSR count). The van der Waals surface area contributed by atoms with Crippen LogP contribution in [0.25, 0.3) is 0 Å². The number of hydrogen-bond acceptors (Lipinski definition) is 5. The fourth-order valence-corrected chi connectivity index (χ4v) is 4.69. The molecule has 162 valence electrons. The van der Waals surface area contributed by atoms with Gasteiger partial charge in [0.05, 0.1) is 5.01 Å². The predicted octanol–water partition coefficient (Wildman–Crippen LogP) is 4.47. The van der Waals surface area contributed by atoms with Gasteiger partial charge in [-0.2, -0.15) is 0 Å². The summed E-state index contributed by atoms with van der Waals surface area (Å²) in [7, 11) is 0. The molecule has 1 saturated heterocycles. The Kier molecular flexibility index (Phi) is 7.33. The summed E-state index contributed by atoms with van der Waals surface area (Å²) in [5.74, 6) is 0.711. The lowest BCUT2D eigenvalue weighted by atomic mass is 10.1. The Morgan fingerprint density at radius 1 is 1.16 bits per heavy atom. The molecule has 0 radical (unpaired) electrons. The van der Waals surface area contributed by atoms with Crippen molar-refractivity contribution in [2.45, 2.75) is 38.8 Å². The van der Waals surface area contributed by atoms with E-state index in [0.29, 0.717) is 12.1 Å². The van der Waals surface area contributed by atoms with Gasteiger partial charge in [-0.05, 0) is 49.9 Å². The van der Waals surface area contributed by atoms with Crippen molar-refractivity contribution in [2.75, 3.05) is 19.6 Å². The van der Waals surface area contributed by atoms with Crippen molar-refractivity contribution in [1.82, 2.24) is 15.2 Å². The molecule has 2 aromatic carbocycles. The van der Waals surface area contributed by atoms with Crippen molar-refractivity contribution < 1.29 is 9.53 Å². The largest absolute Gasteiger partial charge is 0.490 e. The summed E-state index contributed by atoms with van der Waals surface area (Å²) in [5.41, 5.74) is 1.86. The highest BCUT2D eigenvalue weighted by Crippen LogP contribution is 2.22. The lowest BCUT2D eigenvalue weighted by Crippen LogP contribution is -2.37. The number of aryl methyl sites for hydroxylation is 1. The lowest BCUT2D eigenvalue weighted by molar-refractivity contribution is 0.0938. The van der Waals surface area contributed by atoms with Gasteiger partial charge < -0.3 is 10.1 Å². The molecule has 1 aliphatic rings. The predicted molar refractivity (Wildman–Crippen MR) is 125 cm³/mol. The summed E-state index contributed by atoms with van der Waals surface area (Å²) in [4.78, 5) is 20.6. The van der Waals surface area contributed by atoms with E-state index in [9.17, 15) is 4.79 Å². The minimum Gasteiger partial charge on any atom is -0.490 e. The van der Waals surface area contributed by atoms with Crippen LogP contribution >= 0.6 is 11.3 Å². The third-order valence-corrected chi connectivity index (χ3v) is 6.42. The number of amides is 1. The van der Waals surface area contributed by atoms with E-state index in [1.165, 1.54) is 10.4 Å². The molecule has 0 saturated carbocycles. The van der Waals surface area contributed by atoms with Gasteiger partial charge in [0, 0.05) is 42.8 Å². The first-order valence-corrected chi connectivity index (χ1v) is 11.7. The number of aromatic nitrogens is 1. The molecule has 6 heteroatoms.